The number of piperidine rings is 1. The minimum Gasteiger partial charge on any atom is -0.350 e. The first kappa shape index (κ1) is 15.8. The Hall–Kier alpha value is -1.09. The molecule has 0 aliphatic carbocycles. The minimum atomic E-state index is -3.93. The molecule has 1 atom stereocenters. The molecule has 2 heterocycles. The monoisotopic (exact) mass is 333 g/mol. The molecule has 1 aromatic carbocycles. The molecule has 3 rings (SSSR count). The third kappa shape index (κ3) is 3.15. The van der Waals surface area contributed by atoms with Gasteiger partial charge in [0.25, 0.3) is 0 Å². The summed E-state index contributed by atoms with van der Waals surface area (Å²) in [6, 6.07) is 2.33. The normalized spacial score (nSPS) is 24.7. The van der Waals surface area contributed by atoms with Gasteiger partial charge in [0, 0.05) is 25.1 Å². The van der Waals surface area contributed by atoms with Gasteiger partial charge in [0.15, 0.2) is 6.29 Å². The molecule has 0 bridgehead atoms. The maximum atomic E-state index is 13.3. The largest absolute Gasteiger partial charge is 0.350 e. The van der Waals surface area contributed by atoms with Crippen molar-refractivity contribution in [1.82, 2.24) is 4.31 Å². The predicted octanol–water partition coefficient (Wildman–Crippen LogP) is 1.74. The van der Waals surface area contributed by atoms with Crippen molar-refractivity contribution < 1.29 is 26.7 Å². The molecule has 0 unspecified atom stereocenters. The zero-order valence-electron chi connectivity index (χ0n) is 11.9. The third-order valence-electron chi connectivity index (χ3n) is 3.93. The molecule has 2 saturated heterocycles. The second-order valence-electron chi connectivity index (χ2n) is 5.48. The molecule has 122 valence electrons. The molecule has 0 saturated carbocycles. The average Bonchev–Trinajstić information content (AvgIpc) is 3.00. The Balaban J connectivity index is 1.81. The summed E-state index contributed by atoms with van der Waals surface area (Å²) >= 11 is 0. The van der Waals surface area contributed by atoms with Gasteiger partial charge in [-0.05, 0) is 25.0 Å². The SMILES string of the molecule is O=S(=O)(c1cc(F)cc(F)c1)N1CCC[C@@H](C2OCCO2)C1. The second-order valence-corrected chi connectivity index (χ2v) is 7.42. The van der Waals surface area contributed by atoms with Gasteiger partial charge in [0.05, 0.1) is 18.1 Å². The second kappa shape index (κ2) is 6.19. The van der Waals surface area contributed by atoms with Gasteiger partial charge in [0.1, 0.15) is 11.6 Å². The van der Waals surface area contributed by atoms with E-state index >= 15 is 0 Å². The first-order chi connectivity index (χ1) is 10.5. The summed E-state index contributed by atoms with van der Waals surface area (Å²) in [5, 5.41) is 0. The number of rotatable bonds is 3. The van der Waals surface area contributed by atoms with E-state index in [2.05, 4.69) is 0 Å². The fraction of sp³-hybridized carbons (Fsp3) is 0.571. The van der Waals surface area contributed by atoms with E-state index in [1.807, 2.05) is 0 Å². The maximum Gasteiger partial charge on any atom is 0.243 e. The molecule has 0 radical (unpaired) electrons. The molecule has 22 heavy (non-hydrogen) atoms. The summed E-state index contributed by atoms with van der Waals surface area (Å²) in [5.41, 5.74) is 0. The first-order valence-corrected chi connectivity index (χ1v) is 8.60. The van der Waals surface area contributed by atoms with Gasteiger partial charge in [-0.15, -0.1) is 0 Å². The molecule has 2 fully saturated rings. The Morgan fingerprint density at radius 3 is 2.36 bits per heavy atom. The van der Waals surface area contributed by atoms with Gasteiger partial charge in [0.2, 0.25) is 10.0 Å². The highest BCUT2D eigenvalue weighted by molar-refractivity contribution is 7.89. The maximum absolute atomic E-state index is 13.3. The van der Waals surface area contributed by atoms with Crippen LogP contribution in [0.2, 0.25) is 0 Å². The van der Waals surface area contributed by atoms with Crippen molar-refractivity contribution in [2.75, 3.05) is 26.3 Å². The lowest BCUT2D eigenvalue weighted by Crippen LogP contribution is -2.43. The van der Waals surface area contributed by atoms with E-state index in [9.17, 15) is 17.2 Å². The van der Waals surface area contributed by atoms with Crippen LogP contribution in [-0.4, -0.2) is 45.3 Å². The Labute approximate surface area is 127 Å². The van der Waals surface area contributed by atoms with Crippen LogP contribution < -0.4 is 0 Å². The van der Waals surface area contributed by atoms with Crippen LogP contribution in [0.5, 0.6) is 0 Å². The lowest BCUT2D eigenvalue weighted by Gasteiger charge is -2.33. The summed E-state index contributed by atoms with van der Waals surface area (Å²) < 4.78 is 63.8. The molecular weight excluding hydrogens is 316 g/mol. The van der Waals surface area contributed by atoms with Crippen LogP contribution in [-0.2, 0) is 19.5 Å². The van der Waals surface area contributed by atoms with E-state index < -0.39 is 27.9 Å². The molecule has 2 aliphatic heterocycles. The van der Waals surface area contributed by atoms with Crippen LogP contribution in [0.3, 0.4) is 0 Å². The lowest BCUT2D eigenvalue weighted by molar-refractivity contribution is -0.0940. The van der Waals surface area contributed by atoms with Gasteiger partial charge in [-0.3, -0.25) is 0 Å². The van der Waals surface area contributed by atoms with Crippen LogP contribution in [0.25, 0.3) is 0 Å². The molecule has 0 spiro atoms. The Bertz CT molecular complexity index is 626. The number of benzene rings is 1. The molecule has 2 aliphatic rings. The smallest absolute Gasteiger partial charge is 0.243 e. The number of ether oxygens (including phenoxy) is 2. The van der Waals surface area contributed by atoms with E-state index in [1.165, 1.54) is 4.31 Å². The van der Waals surface area contributed by atoms with Crippen molar-refractivity contribution in [3.05, 3.63) is 29.8 Å². The zero-order valence-corrected chi connectivity index (χ0v) is 12.7. The Morgan fingerprint density at radius 2 is 1.73 bits per heavy atom. The predicted molar refractivity (Wildman–Crippen MR) is 73.5 cm³/mol. The molecule has 8 heteroatoms. The minimum absolute atomic E-state index is 0.0653. The quantitative estimate of drug-likeness (QED) is 0.845. The molecule has 1 aromatic rings. The van der Waals surface area contributed by atoms with Crippen molar-refractivity contribution >= 4 is 10.0 Å². The van der Waals surface area contributed by atoms with Crippen molar-refractivity contribution in [2.24, 2.45) is 5.92 Å². The fourth-order valence-electron chi connectivity index (χ4n) is 2.89. The van der Waals surface area contributed by atoms with Crippen molar-refractivity contribution in [3.63, 3.8) is 0 Å². The summed E-state index contributed by atoms with van der Waals surface area (Å²) in [5.74, 6) is -1.88. The van der Waals surface area contributed by atoms with E-state index in [0.29, 0.717) is 32.2 Å². The number of sulfonamides is 1. The first-order valence-electron chi connectivity index (χ1n) is 7.16. The number of nitrogens with zero attached hydrogens (tertiary/aromatic N) is 1. The number of hydrogen-bond donors (Lipinski definition) is 0. The van der Waals surface area contributed by atoms with E-state index in [0.717, 1.165) is 18.6 Å². The average molecular weight is 333 g/mol. The van der Waals surface area contributed by atoms with Crippen LogP contribution in [0.15, 0.2) is 23.1 Å². The van der Waals surface area contributed by atoms with Crippen molar-refractivity contribution in [1.29, 1.82) is 0 Å². The van der Waals surface area contributed by atoms with E-state index in [1.54, 1.807) is 0 Å². The summed E-state index contributed by atoms with van der Waals surface area (Å²) in [6.07, 6.45) is 1.06. The van der Waals surface area contributed by atoms with Gasteiger partial charge >= 0.3 is 0 Å². The molecule has 0 N–H and O–H groups in total. The number of hydrogen-bond acceptors (Lipinski definition) is 4. The topological polar surface area (TPSA) is 55.8 Å². The van der Waals surface area contributed by atoms with Crippen LogP contribution in [0.1, 0.15) is 12.8 Å². The van der Waals surface area contributed by atoms with Crippen LogP contribution in [0, 0.1) is 17.6 Å². The molecule has 0 amide bonds. The zero-order chi connectivity index (χ0) is 15.7. The van der Waals surface area contributed by atoms with Gasteiger partial charge in [-0.2, -0.15) is 4.31 Å². The van der Waals surface area contributed by atoms with Gasteiger partial charge < -0.3 is 9.47 Å². The van der Waals surface area contributed by atoms with Crippen LogP contribution >= 0.6 is 0 Å². The summed E-state index contributed by atoms with van der Waals surface area (Å²) in [6.45, 7) is 1.56. The van der Waals surface area contributed by atoms with Crippen molar-refractivity contribution in [3.8, 4) is 0 Å². The van der Waals surface area contributed by atoms with Crippen LogP contribution in [0.4, 0.5) is 8.78 Å². The van der Waals surface area contributed by atoms with Crippen molar-refractivity contribution in [2.45, 2.75) is 24.0 Å². The summed E-state index contributed by atoms with van der Waals surface area (Å²) in [7, 11) is -3.93. The molecule has 0 aromatic heterocycles. The Morgan fingerprint density at radius 1 is 1.09 bits per heavy atom. The lowest BCUT2D eigenvalue weighted by atomic mass is 9.99. The highest BCUT2D eigenvalue weighted by atomic mass is 32.2. The molecule has 5 nitrogen and oxygen atoms in total. The number of halogens is 2. The highest BCUT2D eigenvalue weighted by Crippen LogP contribution is 2.29. The standard InChI is InChI=1S/C14H17F2NO4S/c15-11-6-12(16)8-13(7-11)22(18,19)17-3-1-2-10(9-17)14-20-4-5-21-14/h6-8,10,14H,1-5,9H2/t10-/m1/s1. The van der Waals surface area contributed by atoms with E-state index in [-0.39, 0.29) is 17.4 Å². The fourth-order valence-corrected chi connectivity index (χ4v) is 4.47. The summed E-state index contributed by atoms with van der Waals surface area (Å²) in [4.78, 5) is -0.362. The molecular formula is C14H17F2NO4S. The van der Waals surface area contributed by atoms with Gasteiger partial charge in [-0.25, -0.2) is 17.2 Å². The van der Waals surface area contributed by atoms with Gasteiger partial charge in [-0.1, -0.05) is 0 Å². The Kier molecular flexibility index (Phi) is 4.44. The third-order valence-corrected chi connectivity index (χ3v) is 5.77. The van der Waals surface area contributed by atoms with E-state index in [4.69, 9.17) is 9.47 Å². The highest BCUT2D eigenvalue weighted by Gasteiger charge is 2.36.